The van der Waals surface area contributed by atoms with Crippen molar-refractivity contribution in [3.8, 4) is 5.75 Å². The number of pyridine rings is 1. The number of halogens is 1. The smallest absolute Gasteiger partial charge is 0.410 e. The Kier molecular flexibility index (Phi) is 7.11. The van der Waals surface area contributed by atoms with Gasteiger partial charge in [0, 0.05) is 32.8 Å². The molecule has 1 aliphatic rings. The van der Waals surface area contributed by atoms with Crippen LogP contribution in [0.25, 0.3) is 0 Å². The lowest BCUT2D eigenvalue weighted by molar-refractivity contribution is -0.0338. The fourth-order valence-corrected chi connectivity index (χ4v) is 3.09. The number of nitrogens with zero attached hydrogens (tertiary/aromatic N) is 3. The number of alkyl halides is 1. The molecule has 0 N–H and O–H groups in total. The van der Waals surface area contributed by atoms with Crippen LogP contribution in [-0.2, 0) is 9.47 Å². The lowest BCUT2D eigenvalue weighted by Crippen LogP contribution is -2.54. The molecule has 2 atom stereocenters. The monoisotopic (exact) mass is 429 g/mol. The lowest BCUT2D eigenvalue weighted by atomic mass is 10.2. The number of methoxy groups -OCH3 is 1. The molecule has 1 unspecified atom stereocenters. The molecule has 0 radical (unpaired) electrons. The van der Waals surface area contributed by atoms with Gasteiger partial charge in [0.25, 0.3) is 0 Å². The minimum atomic E-state index is -0.482. The number of hydrogen-bond acceptors (Lipinski definition) is 6. The summed E-state index contributed by atoms with van der Waals surface area (Å²) in [5.74, 6) is 1.52. The van der Waals surface area contributed by atoms with Crippen molar-refractivity contribution in [3.05, 3.63) is 18.3 Å². The summed E-state index contributed by atoms with van der Waals surface area (Å²) >= 11 is 3.33. The van der Waals surface area contributed by atoms with Gasteiger partial charge < -0.3 is 24.0 Å². The highest BCUT2D eigenvalue weighted by Gasteiger charge is 2.30. The Balaban J connectivity index is 1.96. The number of ether oxygens (including phenoxy) is 3. The summed E-state index contributed by atoms with van der Waals surface area (Å²) in [6, 6.07) is 3.95. The van der Waals surface area contributed by atoms with Crippen LogP contribution in [0.5, 0.6) is 5.75 Å². The predicted molar refractivity (Wildman–Crippen MR) is 104 cm³/mol. The van der Waals surface area contributed by atoms with Gasteiger partial charge in [0.15, 0.2) is 0 Å². The van der Waals surface area contributed by atoms with Crippen LogP contribution in [0.15, 0.2) is 18.3 Å². The van der Waals surface area contributed by atoms with Crippen LogP contribution in [0.3, 0.4) is 0 Å². The molecule has 1 fully saturated rings. The van der Waals surface area contributed by atoms with E-state index in [1.54, 1.807) is 18.2 Å². The molecule has 0 bridgehead atoms. The van der Waals surface area contributed by atoms with E-state index in [2.05, 4.69) is 32.7 Å². The first kappa shape index (κ1) is 20.8. The van der Waals surface area contributed by atoms with Gasteiger partial charge in [-0.2, -0.15) is 0 Å². The standard InChI is InChI=1S/C18H28BrN3O4/c1-13-12-21(17(23)26-18(2,3)4)8-9-22(13)15-7-6-14(11-20-15)25-16(10-19)24-5/h6-7,11,13,16H,8-10,12H2,1-5H3/t13-,16?/m0/s1. The van der Waals surface area contributed by atoms with Crippen molar-refractivity contribution in [1.82, 2.24) is 9.88 Å². The molecule has 8 heteroatoms. The first-order valence-electron chi connectivity index (χ1n) is 8.69. The quantitative estimate of drug-likeness (QED) is 0.528. The number of carbonyl (C=O) groups excluding carboxylic acids is 1. The Morgan fingerprint density at radius 3 is 2.62 bits per heavy atom. The minimum absolute atomic E-state index is 0.143. The summed E-state index contributed by atoms with van der Waals surface area (Å²) in [6.07, 6.45) is 1.08. The summed E-state index contributed by atoms with van der Waals surface area (Å²) in [4.78, 5) is 20.7. The average Bonchev–Trinajstić information content (AvgIpc) is 2.58. The summed E-state index contributed by atoms with van der Waals surface area (Å²) in [5.41, 5.74) is -0.482. The molecule has 0 aliphatic carbocycles. The fourth-order valence-electron chi connectivity index (χ4n) is 2.70. The molecule has 1 aliphatic heterocycles. The minimum Gasteiger partial charge on any atom is -0.462 e. The lowest BCUT2D eigenvalue weighted by Gasteiger charge is -2.40. The second kappa shape index (κ2) is 8.90. The second-order valence-corrected chi connectivity index (χ2v) is 7.91. The number of carbonyl (C=O) groups is 1. The van der Waals surface area contributed by atoms with Crippen LogP contribution in [0.2, 0.25) is 0 Å². The SMILES string of the molecule is COC(CBr)Oc1ccc(N2CCN(C(=O)OC(C)(C)C)C[C@@H]2C)nc1. The van der Waals surface area contributed by atoms with E-state index in [4.69, 9.17) is 14.2 Å². The molecule has 1 saturated heterocycles. The van der Waals surface area contributed by atoms with Crippen molar-refractivity contribution < 1.29 is 19.0 Å². The molecule has 26 heavy (non-hydrogen) atoms. The highest BCUT2D eigenvalue weighted by Crippen LogP contribution is 2.22. The van der Waals surface area contributed by atoms with E-state index in [1.165, 1.54) is 0 Å². The van der Waals surface area contributed by atoms with Crippen molar-refractivity contribution in [1.29, 1.82) is 0 Å². The van der Waals surface area contributed by atoms with Gasteiger partial charge in [0.1, 0.15) is 17.2 Å². The normalized spacial score (nSPS) is 19.2. The maximum Gasteiger partial charge on any atom is 0.410 e. The number of anilines is 1. The molecule has 1 amide bonds. The van der Waals surface area contributed by atoms with Gasteiger partial charge in [-0.25, -0.2) is 9.78 Å². The average molecular weight is 430 g/mol. The Hall–Kier alpha value is -1.54. The van der Waals surface area contributed by atoms with Crippen LogP contribution >= 0.6 is 15.9 Å². The zero-order chi connectivity index (χ0) is 19.3. The number of hydrogen-bond donors (Lipinski definition) is 0. The largest absolute Gasteiger partial charge is 0.462 e. The molecule has 2 rings (SSSR count). The zero-order valence-corrected chi connectivity index (χ0v) is 17.7. The third kappa shape index (κ3) is 5.74. The topological polar surface area (TPSA) is 64.1 Å². The van der Waals surface area contributed by atoms with Gasteiger partial charge in [-0.3, -0.25) is 0 Å². The predicted octanol–water partition coefficient (Wildman–Crippen LogP) is 3.27. The van der Waals surface area contributed by atoms with Crippen molar-refractivity contribution in [2.24, 2.45) is 0 Å². The number of aromatic nitrogens is 1. The van der Waals surface area contributed by atoms with Gasteiger partial charge in [-0.05, 0) is 39.8 Å². The van der Waals surface area contributed by atoms with Gasteiger partial charge in [0.05, 0.1) is 11.5 Å². The van der Waals surface area contributed by atoms with E-state index in [1.807, 2.05) is 32.9 Å². The Labute approximate surface area is 163 Å². The second-order valence-electron chi connectivity index (χ2n) is 7.26. The van der Waals surface area contributed by atoms with Gasteiger partial charge in [0.2, 0.25) is 6.29 Å². The van der Waals surface area contributed by atoms with Crippen molar-refractivity contribution in [2.45, 2.75) is 45.6 Å². The molecular weight excluding hydrogens is 402 g/mol. The van der Waals surface area contributed by atoms with E-state index in [-0.39, 0.29) is 18.4 Å². The Morgan fingerprint density at radius 2 is 2.12 bits per heavy atom. The van der Waals surface area contributed by atoms with E-state index < -0.39 is 5.60 Å². The number of rotatable bonds is 5. The van der Waals surface area contributed by atoms with Crippen LogP contribution in [0.4, 0.5) is 10.6 Å². The molecule has 0 spiro atoms. The first-order chi connectivity index (χ1) is 12.2. The summed E-state index contributed by atoms with van der Waals surface area (Å²) in [5, 5.41) is 0.578. The molecule has 1 aromatic heterocycles. The molecule has 0 saturated carbocycles. The Morgan fingerprint density at radius 1 is 1.38 bits per heavy atom. The number of piperazine rings is 1. The molecule has 2 heterocycles. The third-order valence-corrected chi connectivity index (χ3v) is 4.48. The van der Waals surface area contributed by atoms with Gasteiger partial charge in [-0.15, -0.1) is 0 Å². The molecule has 146 valence electrons. The maximum atomic E-state index is 12.2. The van der Waals surface area contributed by atoms with Gasteiger partial charge >= 0.3 is 6.09 Å². The van der Waals surface area contributed by atoms with Crippen LogP contribution in [0.1, 0.15) is 27.7 Å². The van der Waals surface area contributed by atoms with Crippen molar-refractivity contribution in [2.75, 3.05) is 37.0 Å². The van der Waals surface area contributed by atoms with Crippen LogP contribution in [0, 0.1) is 0 Å². The van der Waals surface area contributed by atoms with E-state index in [9.17, 15) is 4.79 Å². The molecule has 1 aromatic rings. The maximum absolute atomic E-state index is 12.2. The zero-order valence-electron chi connectivity index (χ0n) is 16.1. The van der Waals surface area contributed by atoms with Crippen molar-refractivity contribution in [3.63, 3.8) is 0 Å². The van der Waals surface area contributed by atoms with Crippen molar-refractivity contribution >= 4 is 27.8 Å². The highest BCUT2D eigenvalue weighted by molar-refractivity contribution is 9.09. The highest BCUT2D eigenvalue weighted by atomic mass is 79.9. The molecule has 7 nitrogen and oxygen atoms in total. The van der Waals surface area contributed by atoms with E-state index in [0.29, 0.717) is 30.7 Å². The van der Waals surface area contributed by atoms with Gasteiger partial charge in [-0.1, -0.05) is 15.9 Å². The fraction of sp³-hybridized carbons (Fsp3) is 0.667. The number of amides is 1. The molecular formula is C18H28BrN3O4. The van der Waals surface area contributed by atoms with Crippen LogP contribution < -0.4 is 9.64 Å². The first-order valence-corrected chi connectivity index (χ1v) is 9.81. The summed E-state index contributed by atoms with van der Waals surface area (Å²) in [7, 11) is 1.60. The van der Waals surface area contributed by atoms with Crippen LogP contribution in [-0.4, -0.2) is 66.0 Å². The van der Waals surface area contributed by atoms with E-state index in [0.717, 1.165) is 5.82 Å². The summed E-state index contributed by atoms with van der Waals surface area (Å²) in [6.45, 7) is 9.62. The van der Waals surface area contributed by atoms with E-state index >= 15 is 0 Å². The Bertz CT molecular complexity index is 587. The third-order valence-electron chi connectivity index (χ3n) is 3.95. The summed E-state index contributed by atoms with van der Waals surface area (Å²) < 4.78 is 16.3. The molecule has 0 aromatic carbocycles.